The maximum Gasteiger partial charge on any atom is 0.402 e. The van der Waals surface area contributed by atoms with Gasteiger partial charge in [0.25, 0.3) is 0 Å². The number of hydrogen-bond acceptors (Lipinski definition) is 4. The van der Waals surface area contributed by atoms with Gasteiger partial charge in [-0.15, -0.1) is 0 Å². The molecule has 0 radical (unpaired) electrons. The SMILES string of the molecule is N#Cc1cc(S(=O)(=O)NCC(F)(F)F)ccc1NCC1CC1. The third-order valence-electron chi connectivity index (χ3n) is 3.16. The van der Waals surface area contributed by atoms with Gasteiger partial charge in [0.1, 0.15) is 12.6 Å². The Labute approximate surface area is 126 Å². The molecule has 0 unspecified atom stereocenters. The van der Waals surface area contributed by atoms with E-state index in [1.165, 1.54) is 16.9 Å². The Bertz CT molecular complexity index is 691. The van der Waals surface area contributed by atoms with E-state index in [9.17, 15) is 21.6 Å². The Kier molecular flexibility index (Phi) is 4.63. The molecule has 1 aromatic rings. The van der Waals surface area contributed by atoms with Crippen molar-refractivity contribution >= 4 is 15.7 Å². The van der Waals surface area contributed by atoms with Crippen molar-refractivity contribution < 1.29 is 21.6 Å². The van der Waals surface area contributed by atoms with E-state index in [0.29, 0.717) is 18.2 Å². The van der Waals surface area contributed by atoms with Crippen LogP contribution in [0.3, 0.4) is 0 Å². The average Bonchev–Trinajstić information content (AvgIpc) is 3.26. The zero-order valence-electron chi connectivity index (χ0n) is 11.4. The molecule has 0 heterocycles. The van der Waals surface area contributed by atoms with Crippen molar-refractivity contribution in [1.29, 1.82) is 5.26 Å². The minimum Gasteiger partial charge on any atom is -0.384 e. The monoisotopic (exact) mass is 333 g/mol. The van der Waals surface area contributed by atoms with E-state index < -0.39 is 22.7 Å². The highest BCUT2D eigenvalue weighted by molar-refractivity contribution is 7.89. The van der Waals surface area contributed by atoms with Crippen LogP contribution in [0.15, 0.2) is 23.1 Å². The molecule has 0 aliphatic heterocycles. The van der Waals surface area contributed by atoms with Crippen molar-refractivity contribution in [2.45, 2.75) is 23.9 Å². The molecule has 2 N–H and O–H groups in total. The van der Waals surface area contributed by atoms with Crippen molar-refractivity contribution in [2.24, 2.45) is 5.92 Å². The summed E-state index contributed by atoms with van der Waals surface area (Å²) < 4.78 is 61.4. The smallest absolute Gasteiger partial charge is 0.384 e. The summed E-state index contributed by atoms with van der Waals surface area (Å²) in [6.45, 7) is -0.966. The molecule has 22 heavy (non-hydrogen) atoms. The van der Waals surface area contributed by atoms with Crippen LogP contribution in [0, 0.1) is 17.2 Å². The first-order valence-corrected chi connectivity index (χ1v) is 8.04. The second-order valence-electron chi connectivity index (χ2n) is 5.08. The lowest BCUT2D eigenvalue weighted by molar-refractivity contribution is -0.121. The molecule has 0 amide bonds. The minimum absolute atomic E-state index is 0.0792. The predicted octanol–water partition coefficient (Wildman–Crippen LogP) is 2.22. The van der Waals surface area contributed by atoms with E-state index in [1.807, 2.05) is 6.07 Å². The van der Waals surface area contributed by atoms with Gasteiger partial charge in [0.15, 0.2) is 0 Å². The Morgan fingerprint density at radius 1 is 1.32 bits per heavy atom. The zero-order chi connectivity index (χ0) is 16.4. The zero-order valence-corrected chi connectivity index (χ0v) is 12.3. The summed E-state index contributed by atoms with van der Waals surface area (Å²) in [7, 11) is -4.31. The molecular formula is C13H14F3N3O2S. The summed E-state index contributed by atoms with van der Waals surface area (Å²) in [5.74, 6) is 0.559. The number of nitriles is 1. The lowest BCUT2D eigenvalue weighted by Gasteiger charge is -2.12. The van der Waals surface area contributed by atoms with Crippen LogP contribution >= 0.6 is 0 Å². The second kappa shape index (κ2) is 6.14. The number of nitrogens with one attached hydrogen (secondary N) is 2. The third kappa shape index (κ3) is 4.61. The Hall–Kier alpha value is -1.79. The summed E-state index contributed by atoms with van der Waals surface area (Å²) in [6.07, 6.45) is -2.41. The van der Waals surface area contributed by atoms with Gasteiger partial charge >= 0.3 is 6.18 Å². The molecule has 0 saturated heterocycles. The molecule has 1 aliphatic carbocycles. The van der Waals surface area contributed by atoms with Gasteiger partial charge in [0, 0.05) is 6.54 Å². The number of anilines is 1. The Balaban J connectivity index is 2.15. The summed E-state index contributed by atoms with van der Waals surface area (Å²) in [6, 6.07) is 5.48. The molecule has 9 heteroatoms. The number of alkyl halides is 3. The van der Waals surface area contributed by atoms with Crippen LogP contribution in [0.4, 0.5) is 18.9 Å². The topological polar surface area (TPSA) is 82.0 Å². The molecule has 0 spiro atoms. The predicted molar refractivity (Wildman–Crippen MR) is 73.6 cm³/mol. The minimum atomic E-state index is -4.64. The number of nitrogens with zero attached hydrogens (tertiary/aromatic N) is 1. The van der Waals surface area contributed by atoms with Crippen LogP contribution in [0.1, 0.15) is 18.4 Å². The fraction of sp³-hybridized carbons (Fsp3) is 0.462. The summed E-state index contributed by atoms with van der Waals surface area (Å²) in [4.78, 5) is -0.370. The quantitative estimate of drug-likeness (QED) is 0.836. The second-order valence-corrected chi connectivity index (χ2v) is 6.85. The van der Waals surface area contributed by atoms with Crippen molar-refractivity contribution in [1.82, 2.24) is 4.72 Å². The highest BCUT2D eigenvalue weighted by Crippen LogP contribution is 2.29. The van der Waals surface area contributed by atoms with Crippen LogP contribution in [-0.2, 0) is 10.0 Å². The van der Waals surface area contributed by atoms with Gasteiger partial charge in [0.05, 0.1) is 16.1 Å². The number of rotatable bonds is 6. The third-order valence-corrected chi connectivity index (χ3v) is 4.56. The van der Waals surface area contributed by atoms with Crippen LogP contribution in [0.2, 0.25) is 0 Å². The normalized spacial score (nSPS) is 15.4. The van der Waals surface area contributed by atoms with Gasteiger partial charge in [0.2, 0.25) is 10.0 Å². The molecule has 120 valence electrons. The molecule has 1 fully saturated rings. The van der Waals surface area contributed by atoms with Gasteiger partial charge < -0.3 is 5.32 Å². The number of sulfonamides is 1. The van der Waals surface area contributed by atoms with E-state index >= 15 is 0 Å². The van der Waals surface area contributed by atoms with E-state index in [0.717, 1.165) is 18.9 Å². The molecule has 2 rings (SSSR count). The van der Waals surface area contributed by atoms with Crippen molar-refractivity contribution in [3.63, 3.8) is 0 Å². The van der Waals surface area contributed by atoms with Crippen molar-refractivity contribution in [3.05, 3.63) is 23.8 Å². The number of benzene rings is 1. The van der Waals surface area contributed by atoms with E-state index in [2.05, 4.69) is 5.32 Å². The van der Waals surface area contributed by atoms with Gasteiger partial charge in [-0.3, -0.25) is 0 Å². The molecule has 1 saturated carbocycles. The van der Waals surface area contributed by atoms with E-state index in [1.54, 1.807) is 0 Å². The lowest BCUT2D eigenvalue weighted by atomic mass is 10.2. The standard InChI is InChI=1S/C13H14F3N3O2S/c14-13(15,16)8-19-22(20,21)11-3-4-12(10(5-11)6-17)18-7-9-1-2-9/h3-5,9,18-19H,1-2,7-8H2. The first-order valence-electron chi connectivity index (χ1n) is 6.56. The van der Waals surface area contributed by atoms with Gasteiger partial charge in [-0.05, 0) is 37.0 Å². The molecule has 1 aliphatic rings. The molecule has 5 nitrogen and oxygen atoms in total. The molecule has 1 aromatic carbocycles. The Morgan fingerprint density at radius 2 is 2.00 bits per heavy atom. The maximum atomic E-state index is 12.1. The van der Waals surface area contributed by atoms with E-state index in [4.69, 9.17) is 5.26 Å². The van der Waals surface area contributed by atoms with Crippen LogP contribution in [0.5, 0.6) is 0 Å². The van der Waals surface area contributed by atoms with Gasteiger partial charge in [-0.2, -0.15) is 18.4 Å². The van der Waals surface area contributed by atoms with Crippen molar-refractivity contribution in [2.75, 3.05) is 18.4 Å². The van der Waals surface area contributed by atoms with Gasteiger partial charge in [-0.25, -0.2) is 13.1 Å². The van der Waals surface area contributed by atoms with Crippen LogP contribution < -0.4 is 10.0 Å². The molecule has 0 bridgehead atoms. The lowest BCUT2D eigenvalue weighted by Crippen LogP contribution is -2.33. The molecule has 0 aromatic heterocycles. The highest BCUT2D eigenvalue weighted by Gasteiger charge is 2.30. The molecule has 0 atom stereocenters. The van der Waals surface area contributed by atoms with Gasteiger partial charge in [-0.1, -0.05) is 0 Å². The maximum absolute atomic E-state index is 12.1. The average molecular weight is 333 g/mol. The van der Waals surface area contributed by atoms with Crippen LogP contribution in [-0.4, -0.2) is 27.7 Å². The molecular weight excluding hydrogens is 319 g/mol. The van der Waals surface area contributed by atoms with E-state index in [-0.39, 0.29) is 10.5 Å². The fourth-order valence-electron chi connectivity index (χ4n) is 1.77. The fourth-order valence-corrected chi connectivity index (χ4v) is 2.81. The number of halogens is 3. The van der Waals surface area contributed by atoms with Crippen LogP contribution in [0.25, 0.3) is 0 Å². The summed E-state index contributed by atoms with van der Waals surface area (Å²) >= 11 is 0. The number of hydrogen-bond donors (Lipinski definition) is 2. The largest absolute Gasteiger partial charge is 0.402 e. The summed E-state index contributed by atoms with van der Waals surface area (Å²) in [5, 5.41) is 12.1. The van der Waals surface area contributed by atoms with Crippen molar-refractivity contribution in [3.8, 4) is 6.07 Å². The summed E-state index contributed by atoms with van der Waals surface area (Å²) in [5.41, 5.74) is 0.555. The first-order chi connectivity index (χ1) is 10.2. The first kappa shape index (κ1) is 16.6. The Morgan fingerprint density at radius 3 is 2.55 bits per heavy atom. The highest BCUT2D eigenvalue weighted by atomic mass is 32.2.